The Kier molecular flexibility index (Phi) is 4.18. The van der Waals surface area contributed by atoms with Crippen LogP contribution in [0.2, 0.25) is 0 Å². The summed E-state index contributed by atoms with van der Waals surface area (Å²) < 4.78 is 15.3. The van der Waals surface area contributed by atoms with Gasteiger partial charge in [-0.1, -0.05) is 17.3 Å². The van der Waals surface area contributed by atoms with Gasteiger partial charge in [0.15, 0.2) is 0 Å². The van der Waals surface area contributed by atoms with Crippen LogP contribution in [-0.4, -0.2) is 38.9 Å². The Morgan fingerprint density at radius 3 is 3.05 bits per heavy atom. The second-order valence-electron chi connectivity index (χ2n) is 5.75. The van der Waals surface area contributed by atoms with E-state index in [9.17, 15) is 9.18 Å². The van der Waals surface area contributed by atoms with Crippen LogP contribution in [0.15, 0.2) is 30.6 Å². The van der Waals surface area contributed by atoms with Crippen molar-refractivity contribution in [1.29, 1.82) is 0 Å². The molecule has 2 heterocycles. The first-order valence-electron chi connectivity index (χ1n) is 7.52. The maximum absolute atomic E-state index is 13.5. The molecule has 1 aliphatic heterocycles. The van der Waals surface area contributed by atoms with E-state index in [0.717, 1.165) is 18.5 Å². The lowest BCUT2D eigenvalue weighted by atomic mass is 10.1. The number of carbonyl (C=O) groups excluding carboxylic acids is 1. The van der Waals surface area contributed by atoms with Gasteiger partial charge in [0.1, 0.15) is 5.82 Å². The summed E-state index contributed by atoms with van der Waals surface area (Å²) in [6, 6.07) is 5.37. The van der Waals surface area contributed by atoms with Crippen molar-refractivity contribution in [3.63, 3.8) is 0 Å². The molecule has 6 heteroatoms. The normalized spacial score (nSPS) is 17.9. The number of halogens is 1. The predicted octanol–water partition coefficient (Wildman–Crippen LogP) is 2.13. The van der Waals surface area contributed by atoms with Gasteiger partial charge in [-0.3, -0.25) is 4.79 Å². The molecule has 5 nitrogen and oxygen atoms in total. The van der Waals surface area contributed by atoms with Crippen LogP contribution in [0, 0.1) is 12.7 Å². The van der Waals surface area contributed by atoms with Gasteiger partial charge in [-0.25, -0.2) is 9.07 Å². The van der Waals surface area contributed by atoms with Crippen molar-refractivity contribution in [2.24, 2.45) is 0 Å². The molecule has 1 aromatic carbocycles. The number of amides is 1. The molecule has 0 spiro atoms. The summed E-state index contributed by atoms with van der Waals surface area (Å²) in [5, 5.41) is 7.79. The van der Waals surface area contributed by atoms with Gasteiger partial charge >= 0.3 is 0 Å². The fourth-order valence-electron chi connectivity index (χ4n) is 2.80. The van der Waals surface area contributed by atoms with Crippen molar-refractivity contribution in [3.8, 4) is 0 Å². The molecule has 1 saturated heterocycles. The first kappa shape index (κ1) is 14.7. The van der Waals surface area contributed by atoms with Gasteiger partial charge in [-0.05, 0) is 37.0 Å². The van der Waals surface area contributed by atoms with Crippen LogP contribution in [0.25, 0.3) is 0 Å². The smallest absolute Gasteiger partial charge is 0.222 e. The number of likely N-dealkylation sites (tertiary alicyclic amines) is 1. The first-order chi connectivity index (χ1) is 10.6. The van der Waals surface area contributed by atoms with Crippen molar-refractivity contribution >= 4 is 5.91 Å². The molecule has 116 valence electrons. The van der Waals surface area contributed by atoms with Crippen molar-refractivity contribution in [1.82, 2.24) is 19.9 Å². The Balaban J connectivity index is 1.53. The third kappa shape index (κ3) is 3.16. The van der Waals surface area contributed by atoms with Gasteiger partial charge in [0.2, 0.25) is 5.91 Å². The van der Waals surface area contributed by atoms with E-state index in [1.165, 1.54) is 6.07 Å². The molecule has 0 aliphatic carbocycles. The zero-order valence-corrected chi connectivity index (χ0v) is 12.6. The quantitative estimate of drug-likeness (QED) is 0.869. The molecule has 1 unspecified atom stereocenters. The summed E-state index contributed by atoms with van der Waals surface area (Å²) in [7, 11) is 0. The number of rotatable bonds is 4. The average molecular weight is 302 g/mol. The van der Waals surface area contributed by atoms with Crippen LogP contribution in [-0.2, 0) is 11.2 Å². The van der Waals surface area contributed by atoms with E-state index < -0.39 is 0 Å². The molecule has 1 aromatic heterocycles. The number of benzene rings is 1. The Hall–Kier alpha value is -2.24. The van der Waals surface area contributed by atoms with Crippen LogP contribution < -0.4 is 0 Å². The van der Waals surface area contributed by atoms with Crippen molar-refractivity contribution < 1.29 is 9.18 Å². The molecular formula is C16H19FN4O. The zero-order chi connectivity index (χ0) is 15.5. The van der Waals surface area contributed by atoms with Gasteiger partial charge in [0.05, 0.1) is 12.2 Å². The van der Waals surface area contributed by atoms with Gasteiger partial charge in [0.25, 0.3) is 0 Å². The lowest BCUT2D eigenvalue weighted by Crippen LogP contribution is -2.29. The molecule has 1 fully saturated rings. The topological polar surface area (TPSA) is 51.0 Å². The molecule has 3 rings (SSSR count). The molecule has 2 aromatic rings. The van der Waals surface area contributed by atoms with E-state index in [1.54, 1.807) is 19.2 Å². The Morgan fingerprint density at radius 2 is 2.32 bits per heavy atom. The van der Waals surface area contributed by atoms with E-state index in [2.05, 4.69) is 10.3 Å². The fourth-order valence-corrected chi connectivity index (χ4v) is 2.80. The SMILES string of the molecule is Cc1ccc(CCC(=O)N2CCC(n3ccnn3)C2)cc1F. The largest absolute Gasteiger partial charge is 0.340 e. The first-order valence-corrected chi connectivity index (χ1v) is 7.52. The number of carbonyl (C=O) groups is 1. The highest BCUT2D eigenvalue weighted by Crippen LogP contribution is 2.21. The summed E-state index contributed by atoms with van der Waals surface area (Å²) >= 11 is 0. The molecule has 0 N–H and O–H groups in total. The third-order valence-electron chi connectivity index (χ3n) is 4.19. The van der Waals surface area contributed by atoms with Crippen LogP contribution in [0.3, 0.4) is 0 Å². The second kappa shape index (κ2) is 6.25. The summed E-state index contributed by atoms with van der Waals surface area (Å²) in [5.74, 6) is -0.0963. The van der Waals surface area contributed by atoms with Crippen molar-refractivity contribution in [3.05, 3.63) is 47.5 Å². The van der Waals surface area contributed by atoms with Gasteiger partial charge in [-0.2, -0.15) is 0 Å². The lowest BCUT2D eigenvalue weighted by molar-refractivity contribution is -0.130. The number of aromatic nitrogens is 3. The lowest BCUT2D eigenvalue weighted by Gasteiger charge is -2.16. The van der Waals surface area contributed by atoms with E-state index in [4.69, 9.17) is 0 Å². The molecule has 0 saturated carbocycles. The second-order valence-corrected chi connectivity index (χ2v) is 5.75. The van der Waals surface area contributed by atoms with Crippen LogP contribution in [0.1, 0.15) is 30.0 Å². The Labute approximate surface area is 128 Å². The fraction of sp³-hybridized carbons (Fsp3) is 0.438. The number of hydrogen-bond donors (Lipinski definition) is 0. The standard InChI is InChI=1S/C16H19FN4O/c1-12-2-3-13(10-15(12)17)4-5-16(22)20-8-6-14(11-20)21-9-7-18-19-21/h2-3,7,9-10,14H,4-6,8,11H2,1H3. The van der Waals surface area contributed by atoms with Gasteiger partial charge in [0, 0.05) is 25.7 Å². The highest BCUT2D eigenvalue weighted by Gasteiger charge is 2.27. The highest BCUT2D eigenvalue weighted by atomic mass is 19.1. The monoisotopic (exact) mass is 302 g/mol. The summed E-state index contributed by atoms with van der Waals surface area (Å²) in [4.78, 5) is 14.1. The van der Waals surface area contributed by atoms with Crippen molar-refractivity contribution in [2.45, 2.75) is 32.2 Å². The van der Waals surface area contributed by atoms with Crippen LogP contribution >= 0.6 is 0 Å². The van der Waals surface area contributed by atoms with E-state index in [0.29, 0.717) is 24.9 Å². The molecule has 0 radical (unpaired) electrons. The number of nitrogens with zero attached hydrogens (tertiary/aromatic N) is 4. The minimum Gasteiger partial charge on any atom is -0.340 e. The van der Waals surface area contributed by atoms with Gasteiger partial charge < -0.3 is 4.90 Å². The molecule has 0 bridgehead atoms. The summed E-state index contributed by atoms with van der Waals surface area (Å²) in [6.07, 6.45) is 5.35. The van der Waals surface area contributed by atoms with E-state index in [1.807, 2.05) is 21.8 Å². The average Bonchev–Trinajstić information content (AvgIpc) is 3.18. The molecular weight excluding hydrogens is 283 g/mol. The minimum atomic E-state index is -0.211. The number of aryl methyl sites for hydroxylation is 2. The highest BCUT2D eigenvalue weighted by molar-refractivity contribution is 5.76. The maximum atomic E-state index is 13.5. The summed E-state index contributed by atoms with van der Waals surface area (Å²) in [5.41, 5.74) is 1.49. The third-order valence-corrected chi connectivity index (χ3v) is 4.19. The molecule has 1 atom stereocenters. The van der Waals surface area contributed by atoms with Crippen LogP contribution in [0.4, 0.5) is 4.39 Å². The molecule has 1 amide bonds. The Bertz CT molecular complexity index is 656. The predicted molar refractivity (Wildman–Crippen MR) is 79.7 cm³/mol. The number of hydrogen-bond acceptors (Lipinski definition) is 3. The Morgan fingerprint density at radius 1 is 1.45 bits per heavy atom. The van der Waals surface area contributed by atoms with Crippen molar-refractivity contribution in [2.75, 3.05) is 13.1 Å². The minimum absolute atomic E-state index is 0.114. The van der Waals surface area contributed by atoms with Crippen LogP contribution in [0.5, 0.6) is 0 Å². The summed E-state index contributed by atoms with van der Waals surface area (Å²) in [6.45, 7) is 3.15. The zero-order valence-electron chi connectivity index (χ0n) is 12.6. The molecule has 22 heavy (non-hydrogen) atoms. The van der Waals surface area contributed by atoms with E-state index in [-0.39, 0.29) is 17.8 Å². The van der Waals surface area contributed by atoms with Gasteiger partial charge in [-0.15, -0.1) is 5.10 Å². The van der Waals surface area contributed by atoms with E-state index >= 15 is 0 Å². The molecule has 1 aliphatic rings. The maximum Gasteiger partial charge on any atom is 0.222 e.